The second-order valence-electron chi connectivity index (χ2n) is 4.15. The molecule has 0 fully saturated rings. The van der Waals surface area contributed by atoms with Gasteiger partial charge >= 0.3 is 6.11 Å². The summed E-state index contributed by atoms with van der Waals surface area (Å²) in [6, 6.07) is 5.79. The van der Waals surface area contributed by atoms with Gasteiger partial charge in [0.2, 0.25) is 11.7 Å². The fourth-order valence-electron chi connectivity index (χ4n) is 1.46. The van der Waals surface area contributed by atoms with E-state index in [1.807, 2.05) is 0 Å². The van der Waals surface area contributed by atoms with Crippen molar-refractivity contribution in [2.75, 3.05) is 0 Å². The SMILES string of the molecule is C[C@H](N)c1nc(-c2ccccc2OC(C)(F)F)no1. The average Bonchev–Trinajstić information content (AvgIpc) is 2.76. The Morgan fingerprint density at radius 1 is 1.37 bits per heavy atom. The van der Waals surface area contributed by atoms with Crippen LogP contribution in [0.1, 0.15) is 25.8 Å². The van der Waals surface area contributed by atoms with Crippen LogP contribution in [0.15, 0.2) is 28.8 Å². The van der Waals surface area contributed by atoms with E-state index in [9.17, 15) is 8.78 Å². The number of aromatic nitrogens is 2. The van der Waals surface area contributed by atoms with Crippen molar-refractivity contribution in [1.82, 2.24) is 10.1 Å². The average molecular weight is 269 g/mol. The first-order valence-electron chi connectivity index (χ1n) is 5.62. The molecule has 1 heterocycles. The van der Waals surface area contributed by atoms with Gasteiger partial charge in [0.1, 0.15) is 5.75 Å². The third-order valence-electron chi connectivity index (χ3n) is 2.25. The van der Waals surface area contributed by atoms with Crippen molar-refractivity contribution in [3.05, 3.63) is 30.2 Å². The van der Waals surface area contributed by atoms with Crippen LogP contribution in [0.2, 0.25) is 0 Å². The van der Waals surface area contributed by atoms with Gasteiger partial charge in [0.05, 0.1) is 11.6 Å². The molecular formula is C12H13F2N3O2. The lowest BCUT2D eigenvalue weighted by Crippen LogP contribution is -2.19. The normalized spacial score (nSPS) is 13.3. The lowest BCUT2D eigenvalue weighted by atomic mass is 10.2. The molecular weight excluding hydrogens is 256 g/mol. The van der Waals surface area contributed by atoms with Crippen LogP contribution >= 0.6 is 0 Å². The second kappa shape index (κ2) is 4.93. The zero-order valence-corrected chi connectivity index (χ0v) is 10.4. The van der Waals surface area contributed by atoms with Crippen LogP contribution < -0.4 is 10.5 Å². The van der Waals surface area contributed by atoms with E-state index in [-0.39, 0.29) is 17.5 Å². The summed E-state index contributed by atoms with van der Waals surface area (Å²) >= 11 is 0. The smallest absolute Gasteiger partial charge is 0.394 e. The minimum atomic E-state index is -3.29. The summed E-state index contributed by atoms with van der Waals surface area (Å²) in [7, 11) is 0. The van der Waals surface area contributed by atoms with E-state index in [2.05, 4.69) is 14.9 Å². The van der Waals surface area contributed by atoms with Gasteiger partial charge in [-0.05, 0) is 19.1 Å². The summed E-state index contributed by atoms with van der Waals surface area (Å²) in [6.07, 6.45) is -3.29. The van der Waals surface area contributed by atoms with E-state index in [4.69, 9.17) is 10.3 Å². The van der Waals surface area contributed by atoms with Gasteiger partial charge in [-0.15, -0.1) is 0 Å². The first-order chi connectivity index (χ1) is 8.87. The van der Waals surface area contributed by atoms with E-state index >= 15 is 0 Å². The summed E-state index contributed by atoms with van der Waals surface area (Å²) in [4.78, 5) is 4.04. The molecule has 0 spiro atoms. The highest BCUT2D eigenvalue weighted by Crippen LogP contribution is 2.31. The van der Waals surface area contributed by atoms with Crippen molar-refractivity contribution < 1.29 is 18.0 Å². The van der Waals surface area contributed by atoms with Crippen LogP contribution in [0.25, 0.3) is 11.4 Å². The van der Waals surface area contributed by atoms with Gasteiger partial charge in [0, 0.05) is 6.92 Å². The fourth-order valence-corrected chi connectivity index (χ4v) is 1.46. The molecule has 0 aliphatic heterocycles. The summed E-state index contributed by atoms with van der Waals surface area (Å²) < 4.78 is 35.4. The number of hydrogen-bond donors (Lipinski definition) is 1. The van der Waals surface area contributed by atoms with Crippen LogP contribution in [-0.2, 0) is 0 Å². The van der Waals surface area contributed by atoms with Crippen molar-refractivity contribution in [2.24, 2.45) is 5.73 Å². The quantitative estimate of drug-likeness (QED) is 0.923. The third kappa shape index (κ3) is 3.25. The van der Waals surface area contributed by atoms with Gasteiger partial charge in [-0.25, -0.2) is 0 Å². The van der Waals surface area contributed by atoms with Gasteiger partial charge in [-0.3, -0.25) is 0 Å². The number of rotatable bonds is 4. The van der Waals surface area contributed by atoms with Gasteiger partial charge in [-0.1, -0.05) is 17.3 Å². The first kappa shape index (κ1) is 13.4. The highest BCUT2D eigenvalue weighted by Gasteiger charge is 2.26. The molecule has 1 aromatic heterocycles. The maximum atomic E-state index is 12.9. The minimum absolute atomic E-state index is 0.0213. The van der Waals surface area contributed by atoms with Gasteiger partial charge in [0.15, 0.2) is 0 Å². The Hall–Kier alpha value is -2.02. The standard InChI is InChI=1S/C12H13F2N3O2/c1-7(15)11-16-10(17-19-11)8-5-3-4-6-9(8)18-12(2,13)14/h3-7H,15H2,1-2H3/t7-/m0/s1. The van der Waals surface area contributed by atoms with E-state index in [0.29, 0.717) is 12.5 Å². The molecule has 1 aromatic carbocycles. The Morgan fingerprint density at radius 2 is 2.05 bits per heavy atom. The summed E-state index contributed by atoms with van der Waals surface area (Å²) in [6.45, 7) is 2.34. The van der Waals surface area contributed by atoms with E-state index < -0.39 is 12.2 Å². The molecule has 2 rings (SSSR count). The fraction of sp³-hybridized carbons (Fsp3) is 0.333. The van der Waals surface area contributed by atoms with Crippen LogP contribution in [0.4, 0.5) is 8.78 Å². The van der Waals surface area contributed by atoms with Gasteiger partial charge in [-0.2, -0.15) is 13.8 Å². The van der Waals surface area contributed by atoms with Crippen molar-refractivity contribution >= 4 is 0 Å². The molecule has 5 nitrogen and oxygen atoms in total. The Bertz CT molecular complexity index is 564. The van der Waals surface area contributed by atoms with Crippen molar-refractivity contribution in [1.29, 1.82) is 0 Å². The highest BCUT2D eigenvalue weighted by atomic mass is 19.3. The number of nitrogens with zero attached hydrogens (tertiary/aromatic N) is 2. The molecule has 0 aliphatic carbocycles. The predicted molar refractivity (Wildman–Crippen MR) is 63.6 cm³/mol. The number of para-hydroxylation sites is 1. The number of hydrogen-bond acceptors (Lipinski definition) is 5. The molecule has 0 saturated carbocycles. The molecule has 0 aliphatic rings. The molecule has 0 saturated heterocycles. The maximum Gasteiger partial charge on any atom is 0.394 e. The second-order valence-corrected chi connectivity index (χ2v) is 4.15. The van der Waals surface area contributed by atoms with Crippen molar-refractivity contribution in [2.45, 2.75) is 26.0 Å². The number of benzene rings is 1. The largest absolute Gasteiger partial charge is 0.432 e. The zero-order chi connectivity index (χ0) is 14.0. The van der Waals surface area contributed by atoms with Crippen LogP contribution in [0, 0.1) is 0 Å². The number of alkyl halides is 2. The first-order valence-corrected chi connectivity index (χ1v) is 5.62. The maximum absolute atomic E-state index is 12.9. The van der Waals surface area contributed by atoms with Crippen LogP contribution in [0.3, 0.4) is 0 Å². The summed E-state index contributed by atoms with van der Waals surface area (Å²) in [5, 5.41) is 3.71. The molecule has 2 N–H and O–H groups in total. The molecule has 1 atom stereocenters. The molecule has 0 bridgehead atoms. The number of ether oxygens (including phenoxy) is 1. The Morgan fingerprint density at radius 3 is 2.63 bits per heavy atom. The monoisotopic (exact) mass is 269 g/mol. The zero-order valence-electron chi connectivity index (χ0n) is 10.4. The molecule has 7 heteroatoms. The predicted octanol–water partition coefficient (Wildman–Crippen LogP) is 2.75. The Balaban J connectivity index is 2.38. The number of halogens is 2. The Kier molecular flexibility index (Phi) is 3.48. The molecule has 2 aromatic rings. The van der Waals surface area contributed by atoms with Crippen LogP contribution in [-0.4, -0.2) is 16.2 Å². The molecule has 0 amide bonds. The molecule has 19 heavy (non-hydrogen) atoms. The molecule has 0 unspecified atom stereocenters. The van der Waals surface area contributed by atoms with E-state index in [0.717, 1.165) is 0 Å². The molecule has 0 radical (unpaired) electrons. The number of nitrogens with two attached hydrogens (primary N) is 1. The lowest BCUT2D eigenvalue weighted by molar-refractivity contribution is -0.158. The Labute approximate surface area is 108 Å². The highest BCUT2D eigenvalue weighted by molar-refractivity contribution is 5.63. The minimum Gasteiger partial charge on any atom is -0.432 e. The van der Waals surface area contributed by atoms with E-state index in [1.54, 1.807) is 25.1 Å². The molecule has 102 valence electrons. The lowest BCUT2D eigenvalue weighted by Gasteiger charge is -2.14. The van der Waals surface area contributed by atoms with Crippen molar-refractivity contribution in [3.8, 4) is 17.1 Å². The van der Waals surface area contributed by atoms with Crippen molar-refractivity contribution in [3.63, 3.8) is 0 Å². The van der Waals surface area contributed by atoms with Gasteiger partial charge < -0.3 is 15.0 Å². The summed E-state index contributed by atoms with van der Waals surface area (Å²) in [5.74, 6) is 0.368. The van der Waals surface area contributed by atoms with E-state index in [1.165, 1.54) is 6.07 Å². The third-order valence-corrected chi connectivity index (χ3v) is 2.25. The topological polar surface area (TPSA) is 74.2 Å². The van der Waals surface area contributed by atoms with Crippen LogP contribution in [0.5, 0.6) is 5.75 Å². The summed E-state index contributed by atoms with van der Waals surface area (Å²) in [5.41, 5.74) is 5.92. The van der Waals surface area contributed by atoms with Gasteiger partial charge in [0.25, 0.3) is 0 Å².